The smallest absolute Gasteiger partial charge is 0.478 e. The molecule has 0 saturated heterocycles. The topological polar surface area (TPSA) is 97.5 Å². The molecule has 0 aliphatic rings. The van der Waals surface area contributed by atoms with Crippen LogP contribution in [-0.2, 0) is 0 Å². The summed E-state index contributed by atoms with van der Waals surface area (Å²) in [5.74, 6) is -1.58. The molecular formula is C17H12F3N3O3S. The van der Waals surface area contributed by atoms with Crippen molar-refractivity contribution in [3.8, 4) is 5.75 Å². The van der Waals surface area contributed by atoms with Crippen LogP contribution in [0.5, 0.6) is 5.75 Å². The summed E-state index contributed by atoms with van der Waals surface area (Å²) in [5, 5.41) is 18.2. The summed E-state index contributed by atoms with van der Waals surface area (Å²) < 4.78 is 41.6. The first-order chi connectivity index (χ1) is 12.8. The summed E-state index contributed by atoms with van der Waals surface area (Å²) in [6.07, 6.45) is -3.40. The number of nitrogens with zero attached hydrogens (tertiary/aromatic N) is 1. The molecule has 0 amide bonds. The Morgan fingerprint density at radius 3 is 2.63 bits per heavy atom. The van der Waals surface area contributed by atoms with Crippen molar-refractivity contribution in [2.45, 2.75) is 11.3 Å². The number of aromatic carboxylic acids is 1. The van der Waals surface area contributed by atoms with Gasteiger partial charge in [0.15, 0.2) is 0 Å². The monoisotopic (exact) mass is 395 g/mol. The highest BCUT2D eigenvalue weighted by Crippen LogP contribution is 2.36. The van der Waals surface area contributed by atoms with Crippen LogP contribution in [0, 0.1) is 0 Å². The van der Waals surface area contributed by atoms with Crippen molar-refractivity contribution in [1.29, 1.82) is 0 Å². The van der Waals surface area contributed by atoms with E-state index >= 15 is 0 Å². The van der Waals surface area contributed by atoms with Crippen molar-refractivity contribution in [2.75, 3.05) is 5.32 Å². The average Bonchev–Trinajstić information content (AvgIpc) is 2.61. The van der Waals surface area contributed by atoms with Crippen LogP contribution >= 0.6 is 11.9 Å². The van der Waals surface area contributed by atoms with E-state index in [0.717, 1.165) is 18.0 Å². The minimum absolute atomic E-state index is 0.00173. The molecule has 0 spiro atoms. The van der Waals surface area contributed by atoms with E-state index in [9.17, 15) is 23.1 Å². The third-order valence-electron chi connectivity index (χ3n) is 3.58. The SMILES string of the molecule is NSc1cnc2ccc(OC(F)(F)F)cc2c1Nc1ccccc1C(=O)O. The molecule has 0 fully saturated rings. The number of halogens is 3. The molecule has 1 heterocycles. The Morgan fingerprint density at radius 2 is 1.96 bits per heavy atom. The lowest BCUT2D eigenvalue weighted by Crippen LogP contribution is -2.17. The van der Waals surface area contributed by atoms with E-state index in [-0.39, 0.29) is 11.3 Å². The summed E-state index contributed by atoms with van der Waals surface area (Å²) in [6.45, 7) is 0. The van der Waals surface area contributed by atoms with Gasteiger partial charge in [-0.05, 0) is 42.3 Å². The fraction of sp³-hybridized carbons (Fsp3) is 0.0588. The number of fused-ring (bicyclic) bond motifs is 1. The van der Waals surface area contributed by atoms with Gasteiger partial charge in [-0.25, -0.2) is 4.79 Å². The molecule has 3 aromatic rings. The molecule has 10 heteroatoms. The first kappa shape index (κ1) is 18.8. The summed E-state index contributed by atoms with van der Waals surface area (Å²) in [7, 11) is 0. The van der Waals surface area contributed by atoms with Crippen LogP contribution in [0.1, 0.15) is 10.4 Å². The number of nitrogens with two attached hydrogens (primary N) is 1. The van der Waals surface area contributed by atoms with Crippen molar-refractivity contribution in [1.82, 2.24) is 4.98 Å². The number of pyridine rings is 1. The molecule has 140 valence electrons. The summed E-state index contributed by atoms with van der Waals surface area (Å²) >= 11 is 0.827. The number of alkyl halides is 3. The number of aromatic nitrogens is 1. The van der Waals surface area contributed by atoms with Crippen LogP contribution < -0.4 is 15.2 Å². The lowest BCUT2D eigenvalue weighted by molar-refractivity contribution is -0.274. The quantitative estimate of drug-likeness (QED) is 0.546. The molecule has 0 unspecified atom stereocenters. The molecule has 0 bridgehead atoms. The Hall–Kier alpha value is -2.98. The second-order valence-electron chi connectivity index (χ2n) is 5.32. The Bertz CT molecular complexity index is 1010. The van der Waals surface area contributed by atoms with Crippen LogP contribution in [0.3, 0.4) is 0 Å². The van der Waals surface area contributed by atoms with Gasteiger partial charge in [-0.3, -0.25) is 10.1 Å². The van der Waals surface area contributed by atoms with Crippen LogP contribution in [0.25, 0.3) is 10.9 Å². The van der Waals surface area contributed by atoms with Gasteiger partial charge in [0.05, 0.1) is 27.4 Å². The molecule has 0 aliphatic heterocycles. The molecule has 2 aromatic carbocycles. The molecule has 1 aromatic heterocycles. The summed E-state index contributed by atoms with van der Waals surface area (Å²) in [5.41, 5.74) is 0.972. The number of anilines is 2. The first-order valence-corrected chi connectivity index (χ1v) is 8.31. The Labute approximate surface area is 155 Å². The predicted molar refractivity (Wildman–Crippen MR) is 95.2 cm³/mol. The van der Waals surface area contributed by atoms with Crippen LogP contribution in [0.4, 0.5) is 24.5 Å². The molecular weight excluding hydrogens is 383 g/mol. The normalized spacial score (nSPS) is 11.4. The van der Waals surface area contributed by atoms with E-state index in [1.54, 1.807) is 12.1 Å². The fourth-order valence-electron chi connectivity index (χ4n) is 2.48. The standard InChI is InChI=1S/C17H12F3N3O3S/c18-17(19,20)26-9-5-6-12-11(7-9)15(14(27-21)8-22-12)23-13-4-2-1-3-10(13)16(24)25/h1-8H,21H2,(H,22,23)(H,24,25). The van der Waals surface area contributed by atoms with Gasteiger partial charge in [-0.2, -0.15) is 0 Å². The first-order valence-electron chi connectivity index (χ1n) is 7.43. The van der Waals surface area contributed by atoms with E-state index in [2.05, 4.69) is 15.0 Å². The third kappa shape index (κ3) is 4.23. The second kappa shape index (κ2) is 7.33. The summed E-state index contributed by atoms with van der Waals surface area (Å²) in [4.78, 5) is 16.0. The molecule has 4 N–H and O–H groups in total. The minimum Gasteiger partial charge on any atom is -0.478 e. The number of nitrogens with one attached hydrogen (secondary N) is 1. The van der Waals surface area contributed by atoms with Crippen molar-refractivity contribution < 1.29 is 27.8 Å². The zero-order chi connectivity index (χ0) is 19.6. The minimum atomic E-state index is -4.84. The number of para-hydroxylation sites is 1. The number of hydrogen-bond donors (Lipinski definition) is 3. The van der Waals surface area contributed by atoms with Gasteiger partial charge in [-0.1, -0.05) is 12.1 Å². The molecule has 6 nitrogen and oxygen atoms in total. The van der Waals surface area contributed by atoms with Gasteiger partial charge in [0.25, 0.3) is 0 Å². The largest absolute Gasteiger partial charge is 0.573 e. The van der Waals surface area contributed by atoms with Gasteiger partial charge < -0.3 is 15.2 Å². The number of hydrogen-bond acceptors (Lipinski definition) is 6. The van der Waals surface area contributed by atoms with E-state index < -0.39 is 18.1 Å². The van der Waals surface area contributed by atoms with Gasteiger partial charge in [0.2, 0.25) is 0 Å². The third-order valence-corrected chi connectivity index (χ3v) is 4.15. The van der Waals surface area contributed by atoms with Crippen molar-refractivity contribution in [3.05, 3.63) is 54.2 Å². The van der Waals surface area contributed by atoms with Crippen LogP contribution in [0.2, 0.25) is 0 Å². The molecule has 0 aliphatic carbocycles. The van der Waals surface area contributed by atoms with Crippen molar-refractivity contribution in [3.63, 3.8) is 0 Å². The number of carbonyl (C=O) groups is 1. The zero-order valence-electron chi connectivity index (χ0n) is 13.4. The molecule has 0 saturated carbocycles. The van der Waals surface area contributed by atoms with E-state index in [4.69, 9.17) is 5.14 Å². The Balaban J connectivity index is 2.15. The highest BCUT2D eigenvalue weighted by atomic mass is 32.2. The van der Waals surface area contributed by atoms with Gasteiger partial charge in [-0.15, -0.1) is 13.2 Å². The lowest BCUT2D eigenvalue weighted by Gasteiger charge is -2.16. The maximum absolute atomic E-state index is 12.5. The van der Waals surface area contributed by atoms with Gasteiger partial charge >= 0.3 is 12.3 Å². The van der Waals surface area contributed by atoms with Gasteiger partial charge in [0, 0.05) is 11.6 Å². The van der Waals surface area contributed by atoms with E-state index in [1.165, 1.54) is 30.5 Å². The van der Waals surface area contributed by atoms with Crippen molar-refractivity contribution >= 4 is 40.2 Å². The van der Waals surface area contributed by atoms with E-state index in [1.807, 2.05) is 0 Å². The average molecular weight is 395 g/mol. The number of rotatable bonds is 5. The number of carboxylic acids is 1. The van der Waals surface area contributed by atoms with Crippen LogP contribution in [0.15, 0.2) is 53.6 Å². The predicted octanol–water partition coefficient (Wildman–Crippen LogP) is 4.54. The van der Waals surface area contributed by atoms with E-state index in [0.29, 0.717) is 21.5 Å². The molecule has 0 atom stereocenters. The number of benzene rings is 2. The zero-order valence-corrected chi connectivity index (χ0v) is 14.3. The fourth-order valence-corrected chi connectivity index (χ4v) is 2.87. The highest BCUT2D eigenvalue weighted by Gasteiger charge is 2.31. The Morgan fingerprint density at radius 1 is 1.22 bits per heavy atom. The molecule has 3 rings (SSSR count). The number of carboxylic acid groups (broad SMARTS) is 1. The molecule has 27 heavy (non-hydrogen) atoms. The maximum atomic E-state index is 12.5. The highest BCUT2D eigenvalue weighted by molar-refractivity contribution is 7.97. The summed E-state index contributed by atoms with van der Waals surface area (Å²) in [6, 6.07) is 9.82. The van der Waals surface area contributed by atoms with Crippen molar-refractivity contribution in [2.24, 2.45) is 5.14 Å². The lowest BCUT2D eigenvalue weighted by atomic mass is 10.1. The Kier molecular flexibility index (Phi) is 5.10. The maximum Gasteiger partial charge on any atom is 0.573 e. The van der Waals surface area contributed by atoms with Gasteiger partial charge in [0.1, 0.15) is 5.75 Å². The second-order valence-corrected chi connectivity index (χ2v) is 5.99. The van der Waals surface area contributed by atoms with Crippen LogP contribution in [-0.4, -0.2) is 22.4 Å². The molecule has 0 radical (unpaired) electrons. The number of ether oxygens (including phenoxy) is 1.